The highest BCUT2D eigenvalue weighted by atomic mass is 16.4. The largest absolute Gasteiger partial charge is 0.465 e. The van der Waals surface area contributed by atoms with Gasteiger partial charge >= 0.3 is 6.09 Å². The number of nitrogens with two attached hydrogens (primary N) is 1. The Bertz CT molecular complexity index is 163. The molecule has 1 rings (SSSR count). The van der Waals surface area contributed by atoms with Crippen LogP contribution in [0.25, 0.3) is 0 Å². The smallest absolute Gasteiger partial charge is 0.404 e. The zero-order valence-corrected chi connectivity index (χ0v) is 7.83. The van der Waals surface area contributed by atoms with Gasteiger partial charge in [-0.25, -0.2) is 4.79 Å². The number of hydrogen-bond donors (Lipinski definition) is 3. The van der Waals surface area contributed by atoms with Crippen molar-refractivity contribution in [1.29, 1.82) is 0 Å². The zero-order valence-electron chi connectivity index (χ0n) is 7.83. The molecule has 1 fully saturated rings. The normalized spacial score (nSPS) is 30.2. The van der Waals surface area contributed by atoms with Crippen molar-refractivity contribution in [3.63, 3.8) is 0 Å². The van der Waals surface area contributed by atoms with Crippen LogP contribution in [-0.4, -0.2) is 23.3 Å². The van der Waals surface area contributed by atoms with Crippen molar-refractivity contribution >= 4 is 6.09 Å². The van der Waals surface area contributed by atoms with Gasteiger partial charge in [-0.3, -0.25) is 0 Å². The van der Waals surface area contributed by atoms with Gasteiger partial charge in [0.25, 0.3) is 0 Å². The van der Waals surface area contributed by atoms with E-state index in [2.05, 4.69) is 5.32 Å². The Morgan fingerprint density at radius 3 is 2.23 bits per heavy atom. The summed E-state index contributed by atoms with van der Waals surface area (Å²) >= 11 is 0. The molecule has 0 heterocycles. The van der Waals surface area contributed by atoms with Crippen molar-refractivity contribution in [2.24, 2.45) is 5.73 Å². The lowest BCUT2D eigenvalue weighted by Crippen LogP contribution is -2.35. The van der Waals surface area contributed by atoms with E-state index in [1.807, 2.05) is 0 Å². The van der Waals surface area contributed by atoms with Gasteiger partial charge in [-0.15, -0.1) is 0 Å². The summed E-state index contributed by atoms with van der Waals surface area (Å²) in [4.78, 5) is 10.4. The number of carboxylic acid groups (broad SMARTS) is 1. The molecule has 1 aliphatic rings. The molecule has 76 valence electrons. The Balaban J connectivity index is 2.28. The lowest BCUT2D eigenvalue weighted by Gasteiger charge is -2.22. The second-order valence-electron chi connectivity index (χ2n) is 3.77. The molecule has 0 saturated heterocycles. The van der Waals surface area contributed by atoms with E-state index in [1.54, 1.807) is 0 Å². The molecule has 13 heavy (non-hydrogen) atoms. The number of nitrogens with one attached hydrogen (secondary N) is 1. The molecular formula is C9H18N2O2. The standard InChI is InChI=1S/C9H18N2O2/c10-7-3-1-5-8(6-2-4-7)11-9(12)13/h7-8,11H,1-6,10H2,(H,12,13). The lowest BCUT2D eigenvalue weighted by atomic mass is 9.94. The van der Waals surface area contributed by atoms with Crippen molar-refractivity contribution in [2.75, 3.05) is 0 Å². The minimum absolute atomic E-state index is 0.144. The maximum absolute atomic E-state index is 10.4. The van der Waals surface area contributed by atoms with E-state index in [-0.39, 0.29) is 6.04 Å². The highest BCUT2D eigenvalue weighted by Gasteiger charge is 2.15. The molecule has 1 aliphatic carbocycles. The monoisotopic (exact) mass is 186 g/mol. The first-order valence-corrected chi connectivity index (χ1v) is 4.93. The van der Waals surface area contributed by atoms with Gasteiger partial charge in [0.2, 0.25) is 0 Å². The number of hydrogen-bond acceptors (Lipinski definition) is 2. The predicted molar refractivity (Wildman–Crippen MR) is 50.6 cm³/mol. The maximum atomic E-state index is 10.4. The fraction of sp³-hybridized carbons (Fsp3) is 0.889. The summed E-state index contributed by atoms with van der Waals surface area (Å²) in [5.74, 6) is 0. The molecule has 0 spiro atoms. The van der Waals surface area contributed by atoms with Gasteiger partial charge in [0.15, 0.2) is 0 Å². The van der Waals surface area contributed by atoms with Crippen molar-refractivity contribution in [3.8, 4) is 0 Å². The quantitative estimate of drug-likeness (QED) is 0.578. The van der Waals surface area contributed by atoms with Gasteiger partial charge in [-0.05, 0) is 38.5 Å². The fourth-order valence-electron chi connectivity index (χ4n) is 1.86. The summed E-state index contributed by atoms with van der Waals surface area (Å²) in [6.07, 6.45) is 5.07. The maximum Gasteiger partial charge on any atom is 0.404 e. The summed E-state index contributed by atoms with van der Waals surface area (Å²) in [5.41, 5.74) is 5.81. The van der Waals surface area contributed by atoms with Gasteiger partial charge in [-0.2, -0.15) is 0 Å². The van der Waals surface area contributed by atoms with E-state index in [0.717, 1.165) is 38.5 Å². The van der Waals surface area contributed by atoms with Crippen LogP contribution >= 0.6 is 0 Å². The summed E-state index contributed by atoms with van der Waals surface area (Å²) in [6.45, 7) is 0. The first-order chi connectivity index (χ1) is 6.18. The van der Waals surface area contributed by atoms with Crippen LogP contribution in [0.2, 0.25) is 0 Å². The van der Waals surface area contributed by atoms with E-state index in [4.69, 9.17) is 10.8 Å². The van der Waals surface area contributed by atoms with Crippen LogP contribution in [0.4, 0.5) is 4.79 Å². The summed E-state index contributed by atoms with van der Waals surface area (Å²) in [6, 6.07) is 0.468. The first kappa shape index (κ1) is 10.3. The Labute approximate surface area is 78.5 Å². The van der Waals surface area contributed by atoms with Gasteiger partial charge in [0, 0.05) is 12.1 Å². The van der Waals surface area contributed by atoms with Crippen LogP contribution in [0, 0.1) is 0 Å². The molecule has 4 heteroatoms. The van der Waals surface area contributed by atoms with Gasteiger partial charge in [0.1, 0.15) is 0 Å². The number of rotatable bonds is 1. The molecule has 0 aromatic carbocycles. The second-order valence-corrected chi connectivity index (χ2v) is 3.77. The Kier molecular flexibility index (Phi) is 4.02. The van der Waals surface area contributed by atoms with Crippen molar-refractivity contribution in [2.45, 2.75) is 50.6 Å². The van der Waals surface area contributed by atoms with E-state index < -0.39 is 6.09 Å². The molecule has 0 aromatic rings. The molecule has 1 amide bonds. The summed E-state index contributed by atoms with van der Waals surface area (Å²) in [5, 5.41) is 11.1. The Morgan fingerprint density at radius 2 is 1.77 bits per heavy atom. The average molecular weight is 186 g/mol. The molecule has 0 aliphatic heterocycles. The van der Waals surface area contributed by atoms with Crippen LogP contribution in [0.1, 0.15) is 38.5 Å². The summed E-state index contributed by atoms with van der Waals surface area (Å²) < 4.78 is 0. The van der Waals surface area contributed by atoms with Crippen molar-refractivity contribution in [1.82, 2.24) is 5.32 Å². The second kappa shape index (κ2) is 5.07. The molecule has 0 aromatic heterocycles. The average Bonchev–Trinajstić information content (AvgIpc) is 1.99. The van der Waals surface area contributed by atoms with Crippen molar-refractivity contribution < 1.29 is 9.90 Å². The van der Waals surface area contributed by atoms with Crippen LogP contribution in [-0.2, 0) is 0 Å². The minimum atomic E-state index is -0.908. The van der Waals surface area contributed by atoms with Gasteiger partial charge in [-0.1, -0.05) is 0 Å². The fourth-order valence-corrected chi connectivity index (χ4v) is 1.86. The van der Waals surface area contributed by atoms with Crippen LogP contribution < -0.4 is 11.1 Å². The summed E-state index contributed by atoms with van der Waals surface area (Å²) in [7, 11) is 0. The van der Waals surface area contributed by atoms with E-state index in [1.165, 1.54) is 0 Å². The third-order valence-corrected chi connectivity index (χ3v) is 2.58. The highest BCUT2D eigenvalue weighted by molar-refractivity contribution is 5.64. The van der Waals surface area contributed by atoms with Gasteiger partial charge in [0.05, 0.1) is 0 Å². The SMILES string of the molecule is NC1CCCC(NC(=O)O)CCC1. The molecule has 4 N–H and O–H groups in total. The predicted octanol–water partition coefficient (Wildman–Crippen LogP) is 1.30. The molecule has 1 saturated carbocycles. The van der Waals surface area contributed by atoms with E-state index >= 15 is 0 Å². The Hall–Kier alpha value is -0.770. The van der Waals surface area contributed by atoms with Gasteiger partial charge < -0.3 is 16.2 Å². The number of carbonyl (C=O) groups is 1. The topological polar surface area (TPSA) is 75.3 Å². The van der Waals surface area contributed by atoms with Crippen LogP contribution in [0.3, 0.4) is 0 Å². The van der Waals surface area contributed by atoms with Crippen LogP contribution in [0.5, 0.6) is 0 Å². The van der Waals surface area contributed by atoms with Crippen molar-refractivity contribution in [3.05, 3.63) is 0 Å². The molecule has 0 unspecified atom stereocenters. The number of amides is 1. The molecule has 0 bridgehead atoms. The van der Waals surface area contributed by atoms with E-state index in [0.29, 0.717) is 6.04 Å². The third-order valence-electron chi connectivity index (χ3n) is 2.58. The Morgan fingerprint density at radius 1 is 1.23 bits per heavy atom. The third kappa shape index (κ3) is 4.12. The zero-order chi connectivity index (χ0) is 9.68. The highest BCUT2D eigenvalue weighted by Crippen LogP contribution is 2.16. The molecule has 4 nitrogen and oxygen atoms in total. The molecular weight excluding hydrogens is 168 g/mol. The first-order valence-electron chi connectivity index (χ1n) is 4.93. The lowest BCUT2D eigenvalue weighted by molar-refractivity contribution is 0.187. The minimum Gasteiger partial charge on any atom is -0.465 e. The molecule has 0 radical (unpaired) electrons. The van der Waals surface area contributed by atoms with E-state index in [9.17, 15) is 4.79 Å². The molecule has 0 atom stereocenters. The van der Waals surface area contributed by atoms with Crippen LogP contribution in [0.15, 0.2) is 0 Å².